The number of carboxylic acids is 1. The van der Waals surface area contributed by atoms with Crippen LogP contribution in [0.25, 0.3) is 0 Å². The van der Waals surface area contributed by atoms with Gasteiger partial charge in [-0.05, 0) is 79.1 Å². The fraction of sp³-hybridized carbons (Fsp3) is 0.269. The van der Waals surface area contributed by atoms with Gasteiger partial charge in [-0.3, -0.25) is 0 Å². The van der Waals surface area contributed by atoms with Crippen LogP contribution in [0.3, 0.4) is 0 Å². The highest BCUT2D eigenvalue weighted by Crippen LogP contribution is 2.51. The van der Waals surface area contributed by atoms with E-state index >= 15 is 4.39 Å². The summed E-state index contributed by atoms with van der Waals surface area (Å²) in [4.78, 5) is 12.1. The fourth-order valence-corrected chi connectivity index (χ4v) is 4.25. The minimum absolute atomic E-state index is 0.0185. The first-order chi connectivity index (χ1) is 15.4. The zero-order chi connectivity index (χ0) is 22.7. The third-order valence-corrected chi connectivity index (χ3v) is 6.17. The van der Waals surface area contributed by atoms with Gasteiger partial charge in [-0.1, -0.05) is 48.0 Å². The molecule has 3 nitrogen and oxygen atoms in total. The number of carboxylic acid groups (broad SMARTS) is 1. The van der Waals surface area contributed by atoms with E-state index in [0.717, 1.165) is 12.8 Å². The first kappa shape index (κ1) is 22.3. The molecule has 3 aromatic carbocycles. The molecule has 0 aromatic heterocycles. The van der Waals surface area contributed by atoms with Gasteiger partial charge < -0.3 is 9.84 Å². The minimum Gasteiger partial charge on any atom is -0.479 e. The predicted octanol–water partition coefficient (Wildman–Crippen LogP) is 7.19. The molecule has 0 radical (unpaired) electrons. The maximum absolute atomic E-state index is 16.1. The van der Waals surface area contributed by atoms with Gasteiger partial charge in [-0.15, -0.1) is 0 Å². The normalized spacial score (nSPS) is 16.2. The molecular formula is C26H23ClF2O3. The van der Waals surface area contributed by atoms with Crippen molar-refractivity contribution in [3.63, 3.8) is 0 Å². The molecule has 0 aliphatic heterocycles. The average molecular weight is 457 g/mol. The molecule has 166 valence electrons. The van der Waals surface area contributed by atoms with Crippen LogP contribution in [-0.2, 0) is 11.2 Å². The summed E-state index contributed by atoms with van der Waals surface area (Å²) in [5, 5.41) is 10.4. The van der Waals surface area contributed by atoms with Gasteiger partial charge in [0.15, 0.2) is 11.6 Å². The van der Waals surface area contributed by atoms with Gasteiger partial charge in [0.25, 0.3) is 0 Å². The Morgan fingerprint density at radius 2 is 1.78 bits per heavy atom. The first-order valence-corrected chi connectivity index (χ1v) is 10.9. The second kappa shape index (κ2) is 9.29. The van der Waals surface area contributed by atoms with Crippen molar-refractivity contribution in [1.29, 1.82) is 0 Å². The summed E-state index contributed by atoms with van der Waals surface area (Å²) in [6.45, 7) is 0. The van der Waals surface area contributed by atoms with Crippen LogP contribution >= 0.6 is 11.6 Å². The Morgan fingerprint density at radius 3 is 2.41 bits per heavy atom. The van der Waals surface area contributed by atoms with Crippen molar-refractivity contribution in [2.75, 3.05) is 0 Å². The zero-order valence-corrected chi connectivity index (χ0v) is 18.1. The summed E-state index contributed by atoms with van der Waals surface area (Å²) in [5.41, 5.74) is -1.22. The largest absolute Gasteiger partial charge is 0.479 e. The number of aryl methyl sites for hydroxylation is 1. The van der Waals surface area contributed by atoms with E-state index in [1.807, 2.05) is 6.07 Å². The number of hydrogen-bond acceptors (Lipinski definition) is 2. The van der Waals surface area contributed by atoms with E-state index in [1.165, 1.54) is 18.2 Å². The molecule has 1 unspecified atom stereocenters. The van der Waals surface area contributed by atoms with Crippen molar-refractivity contribution in [2.45, 2.75) is 37.3 Å². The summed E-state index contributed by atoms with van der Waals surface area (Å²) in [7, 11) is 0. The number of aliphatic carboxylic acids is 1. The maximum atomic E-state index is 16.1. The topological polar surface area (TPSA) is 46.5 Å². The van der Waals surface area contributed by atoms with Crippen molar-refractivity contribution < 1.29 is 23.4 Å². The lowest BCUT2D eigenvalue weighted by Crippen LogP contribution is -2.42. The molecule has 2 atom stereocenters. The number of benzene rings is 3. The second-order valence-electron chi connectivity index (χ2n) is 8.21. The van der Waals surface area contributed by atoms with Crippen molar-refractivity contribution in [3.05, 3.63) is 94.8 Å². The molecule has 1 aliphatic carbocycles. The van der Waals surface area contributed by atoms with Crippen LogP contribution in [0.5, 0.6) is 11.5 Å². The molecule has 3 aromatic rings. The van der Waals surface area contributed by atoms with Crippen LogP contribution in [0.4, 0.5) is 8.78 Å². The quantitative estimate of drug-likeness (QED) is 0.370. The highest BCUT2D eigenvalue weighted by Gasteiger charge is 2.53. The van der Waals surface area contributed by atoms with Gasteiger partial charge in [-0.25, -0.2) is 13.6 Å². The summed E-state index contributed by atoms with van der Waals surface area (Å²) >= 11 is 5.96. The Balaban J connectivity index is 1.56. The molecule has 0 bridgehead atoms. The lowest BCUT2D eigenvalue weighted by atomic mass is 9.76. The summed E-state index contributed by atoms with van der Waals surface area (Å²) in [6.07, 6.45) is 1.48. The third-order valence-electron chi connectivity index (χ3n) is 5.92. The Hall–Kier alpha value is -2.92. The number of rotatable bonds is 9. The summed E-state index contributed by atoms with van der Waals surface area (Å²) < 4.78 is 36.0. The number of carbonyl (C=O) groups is 1. The van der Waals surface area contributed by atoms with Crippen molar-refractivity contribution in [3.8, 4) is 11.5 Å². The second-order valence-corrected chi connectivity index (χ2v) is 8.65. The molecule has 6 heteroatoms. The van der Waals surface area contributed by atoms with E-state index in [2.05, 4.69) is 0 Å². The first-order valence-electron chi connectivity index (χ1n) is 10.6. The van der Waals surface area contributed by atoms with E-state index in [1.54, 1.807) is 48.5 Å². The van der Waals surface area contributed by atoms with Gasteiger partial charge in [0, 0.05) is 10.9 Å². The standard InChI is InChI=1S/C26H23ClF2O3/c27-20-11-9-19(10-12-20)24(18-7-8-18)26(29,25(30)31)15-14-17-6-13-22(28)23(16-17)32-21-4-2-1-3-5-21/h1-6,9-13,16,18,24H,7-8,14-15H2,(H,30,31)/t24-,26?/m0/s1. The SMILES string of the molecule is O=C(O)C(F)(CCc1ccc(F)c(Oc2ccccc2)c1)[C@H](c1ccc(Cl)cc1)C1CC1. The molecule has 4 rings (SSSR count). The van der Waals surface area contributed by atoms with Crippen LogP contribution in [0, 0.1) is 11.7 Å². The van der Waals surface area contributed by atoms with Crippen molar-refractivity contribution >= 4 is 17.6 Å². The predicted molar refractivity (Wildman–Crippen MR) is 120 cm³/mol. The van der Waals surface area contributed by atoms with Crippen molar-refractivity contribution in [1.82, 2.24) is 0 Å². The van der Waals surface area contributed by atoms with E-state index in [0.29, 0.717) is 21.9 Å². The number of hydrogen-bond donors (Lipinski definition) is 1. The van der Waals surface area contributed by atoms with Gasteiger partial charge in [0.2, 0.25) is 5.67 Å². The average Bonchev–Trinajstić information content (AvgIpc) is 3.61. The Kier molecular flexibility index (Phi) is 6.47. The zero-order valence-electron chi connectivity index (χ0n) is 17.3. The van der Waals surface area contributed by atoms with Crippen molar-refractivity contribution in [2.24, 2.45) is 5.92 Å². The van der Waals surface area contributed by atoms with E-state index in [4.69, 9.17) is 16.3 Å². The van der Waals surface area contributed by atoms with Crippen LogP contribution in [0.1, 0.15) is 36.3 Å². The summed E-state index contributed by atoms with van der Waals surface area (Å²) in [5.74, 6) is -2.32. The van der Waals surface area contributed by atoms with Gasteiger partial charge in [0.1, 0.15) is 5.75 Å². The number of para-hydroxylation sites is 1. The van der Waals surface area contributed by atoms with Gasteiger partial charge in [-0.2, -0.15) is 0 Å². The number of halogens is 3. The molecule has 1 aliphatic rings. The Bertz CT molecular complexity index is 1080. The molecule has 0 spiro atoms. The summed E-state index contributed by atoms with van der Waals surface area (Å²) in [6, 6.07) is 19.8. The minimum atomic E-state index is -2.45. The van der Waals surface area contributed by atoms with Gasteiger partial charge >= 0.3 is 5.97 Å². The van der Waals surface area contributed by atoms with E-state index in [-0.39, 0.29) is 24.5 Å². The lowest BCUT2D eigenvalue weighted by Gasteiger charge is -2.31. The molecule has 0 heterocycles. The van der Waals surface area contributed by atoms with Crippen LogP contribution in [0.2, 0.25) is 5.02 Å². The van der Waals surface area contributed by atoms with Crippen LogP contribution in [0.15, 0.2) is 72.8 Å². The molecule has 1 fully saturated rings. The highest BCUT2D eigenvalue weighted by atomic mass is 35.5. The fourth-order valence-electron chi connectivity index (χ4n) is 4.13. The monoisotopic (exact) mass is 456 g/mol. The highest BCUT2D eigenvalue weighted by molar-refractivity contribution is 6.30. The third kappa shape index (κ3) is 4.94. The number of ether oxygens (including phenoxy) is 1. The van der Waals surface area contributed by atoms with Gasteiger partial charge in [0.05, 0.1) is 0 Å². The number of alkyl halides is 1. The lowest BCUT2D eigenvalue weighted by molar-refractivity contribution is -0.153. The van der Waals surface area contributed by atoms with Crippen LogP contribution < -0.4 is 4.74 Å². The van der Waals surface area contributed by atoms with Crippen LogP contribution in [-0.4, -0.2) is 16.7 Å². The molecule has 32 heavy (non-hydrogen) atoms. The Morgan fingerprint density at radius 1 is 1.09 bits per heavy atom. The molecule has 1 N–H and O–H groups in total. The molecule has 0 saturated heterocycles. The smallest absolute Gasteiger partial charge is 0.342 e. The molecule has 1 saturated carbocycles. The maximum Gasteiger partial charge on any atom is 0.342 e. The van der Waals surface area contributed by atoms with E-state index < -0.39 is 23.4 Å². The molecule has 0 amide bonds. The van der Waals surface area contributed by atoms with E-state index in [9.17, 15) is 14.3 Å². The Labute approximate surface area is 190 Å². The molecular weight excluding hydrogens is 434 g/mol.